The molecule has 204 valence electrons. The van der Waals surface area contributed by atoms with Crippen LogP contribution in [0.5, 0.6) is 0 Å². The summed E-state index contributed by atoms with van der Waals surface area (Å²) < 4.78 is 0. The Labute approximate surface area is 240 Å². The molecule has 0 unspecified atom stereocenters. The predicted molar refractivity (Wildman–Crippen MR) is 162 cm³/mol. The summed E-state index contributed by atoms with van der Waals surface area (Å²) in [5, 5.41) is 3.04. The first-order valence-electron chi connectivity index (χ1n) is 13.9. The van der Waals surface area contributed by atoms with Gasteiger partial charge in [-0.05, 0) is 78.1 Å². The van der Waals surface area contributed by atoms with Crippen molar-refractivity contribution in [3.05, 3.63) is 143 Å². The molecule has 1 N–H and O–H groups in total. The third kappa shape index (κ3) is 5.29. The number of rotatable bonds is 6. The van der Waals surface area contributed by atoms with Crippen LogP contribution in [0.25, 0.3) is 11.1 Å². The van der Waals surface area contributed by atoms with E-state index in [2.05, 4.69) is 36.3 Å². The molecule has 0 saturated heterocycles. The summed E-state index contributed by atoms with van der Waals surface area (Å²) in [6.45, 7) is 5.16. The molecule has 0 spiro atoms. The highest BCUT2D eigenvalue weighted by Crippen LogP contribution is 2.36. The van der Waals surface area contributed by atoms with Crippen molar-refractivity contribution in [1.82, 2.24) is 15.2 Å². The summed E-state index contributed by atoms with van der Waals surface area (Å²) in [5.41, 5.74) is 9.44. The number of anilines is 1. The maximum atomic E-state index is 14.0. The molecule has 0 fully saturated rings. The smallest absolute Gasteiger partial charge is 0.267 e. The standard InChI is InChI=1S/C35H32N4O2/c1-24-9-3-5-12-30(24)31-16-14-26(21-25(31)2)35(41)39-23-29-15-17-33(38(29)22-27-10-4-6-13-32(27)39)34(40)37-20-18-28-11-7-8-19-36-28/h3-14,16-17,19,21,23H,15,18,20,22H2,1-2H3,(H,37,40). The fourth-order valence-corrected chi connectivity index (χ4v) is 5.59. The first-order valence-corrected chi connectivity index (χ1v) is 13.9. The van der Waals surface area contributed by atoms with Gasteiger partial charge in [0.2, 0.25) is 0 Å². The van der Waals surface area contributed by atoms with E-state index in [4.69, 9.17) is 0 Å². The number of aryl methyl sites for hydroxylation is 2. The van der Waals surface area contributed by atoms with E-state index < -0.39 is 0 Å². The van der Waals surface area contributed by atoms with E-state index in [1.807, 2.05) is 90.0 Å². The lowest BCUT2D eigenvalue weighted by Gasteiger charge is -2.22. The van der Waals surface area contributed by atoms with Crippen LogP contribution in [0.3, 0.4) is 0 Å². The van der Waals surface area contributed by atoms with Crippen LogP contribution in [-0.2, 0) is 17.8 Å². The van der Waals surface area contributed by atoms with E-state index in [1.165, 1.54) is 11.1 Å². The van der Waals surface area contributed by atoms with Crippen LogP contribution >= 0.6 is 0 Å². The summed E-state index contributed by atoms with van der Waals surface area (Å²) in [7, 11) is 0. The third-order valence-electron chi connectivity index (χ3n) is 7.75. The zero-order valence-electron chi connectivity index (χ0n) is 23.3. The highest BCUT2D eigenvalue weighted by molar-refractivity contribution is 6.08. The van der Waals surface area contributed by atoms with E-state index in [-0.39, 0.29) is 11.8 Å². The summed E-state index contributed by atoms with van der Waals surface area (Å²) in [5.74, 6) is -0.219. The largest absolute Gasteiger partial charge is 0.350 e. The number of hydrogen-bond acceptors (Lipinski definition) is 4. The summed E-state index contributed by atoms with van der Waals surface area (Å²) >= 11 is 0. The molecule has 1 aromatic heterocycles. The molecule has 4 aromatic rings. The molecule has 2 aliphatic rings. The number of fused-ring (bicyclic) bond motifs is 2. The molecule has 0 radical (unpaired) electrons. The van der Waals surface area contributed by atoms with Crippen LogP contribution in [0.2, 0.25) is 0 Å². The molecule has 6 nitrogen and oxygen atoms in total. The second-order valence-corrected chi connectivity index (χ2v) is 10.5. The molecule has 41 heavy (non-hydrogen) atoms. The third-order valence-corrected chi connectivity index (χ3v) is 7.75. The van der Waals surface area contributed by atoms with Crippen LogP contribution in [0.15, 0.2) is 115 Å². The van der Waals surface area contributed by atoms with Gasteiger partial charge in [-0.25, -0.2) is 0 Å². The molecule has 2 amide bonds. The Kier molecular flexibility index (Phi) is 7.21. The number of benzene rings is 3. The van der Waals surface area contributed by atoms with Gasteiger partial charge in [0.1, 0.15) is 5.70 Å². The molecule has 2 aliphatic heterocycles. The minimum atomic E-state index is -0.121. The van der Waals surface area contributed by atoms with Gasteiger partial charge in [0.25, 0.3) is 11.8 Å². The SMILES string of the molecule is Cc1ccccc1-c1ccc(C(=O)N2C=C3CC=C(C(=O)NCCc4ccccn4)N3Cc3ccccc32)cc1C. The predicted octanol–water partition coefficient (Wildman–Crippen LogP) is 6.32. The second-order valence-electron chi connectivity index (χ2n) is 10.5. The van der Waals surface area contributed by atoms with E-state index >= 15 is 0 Å². The second kappa shape index (κ2) is 11.3. The van der Waals surface area contributed by atoms with E-state index in [0.717, 1.165) is 33.8 Å². The van der Waals surface area contributed by atoms with Gasteiger partial charge in [0.15, 0.2) is 0 Å². The molecular weight excluding hydrogens is 508 g/mol. The normalized spacial score (nSPS) is 14.0. The Bertz CT molecular complexity index is 1690. The Balaban J connectivity index is 1.25. The van der Waals surface area contributed by atoms with Gasteiger partial charge < -0.3 is 10.2 Å². The zero-order valence-corrected chi connectivity index (χ0v) is 23.3. The maximum absolute atomic E-state index is 14.0. The fourth-order valence-electron chi connectivity index (χ4n) is 5.59. The average Bonchev–Trinajstić information content (AvgIpc) is 3.31. The summed E-state index contributed by atoms with van der Waals surface area (Å²) in [4.78, 5) is 35.3. The average molecular weight is 541 g/mol. The molecule has 6 rings (SSSR count). The first-order chi connectivity index (χ1) is 20.0. The number of hydrogen-bond donors (Lipinski definition) is 1. The Morgan fingerprint density at radius 3 is 2.46 bits per heavy atom. The monoisotopic (exact) mass is 540 g/mol. The number of amides is 2. The van der Waals surface area contributed by atoms with Crippen molar-refractivity contribution < 1.29 is 9.59 Å². The van der Waals surface area contributed by atoms with Crippen LogP contribution in [-0.4, -0.2) is 28.2 Å². The van der Waals surface area contributed by atoms with Gasteiger partial charge >= 0.3 is 0 Å². The Morgan fingerprint density at radius 1 is 0.878 bits per heavy atom. The van der Waals surface area contributed by atoms with Crippen molar-refractivity contribution in [2.24, 2.45) is 0 Å². The molecule has 3 aromatic carbocycles. The maximum Gasteiger partial charge on any atom is 0.267 e. The number of nitrogens with zero attached hydrogens (tertiary/aromatic N) is 3. The first kappa shape index (κ1) is 26.3. The van der Waals surface area contributed by atoms with Crippen molar-refractivity contribution in [3.63, 3.8) is 0 Å². The molecule has 0 atom stereocenters. The molecule has 0 saturated carbocycles. The van der Waals surface area contributed by atoms with Crippen molar-refractivity contribution >= 4 is 17.5 Å². The zero-order chi connectivity index (χ0) is 28.3. The Morgan fingerprint density at radius 2 is 1.66 bits per heavy atom. The summed E-state index contributed by atoms with van der Waals surface area (Å²) in [6.07, 6.45) is 6.83. The lowest BCUT2D eigenvalue weighted by atomic mass is 9.95. The van der Waals surface area contributed by atoms with Gasteiger partial charge in [-0.3, -0.25) is 19.5 Å². The van der Waals surface area contributed by atoms with Gasteiger partial charge in [-0.15, -0.1) is 0 Å². The number of carbonyl (C=O) groups is 2. The van der Waals surface area contributed by atoms with Gasteiger partial charge in [-0.1, -0.05) is 54.6 Å². The molecule has 0 aliphatic carbocycles. The van der Waals surface area contributed by atoms with Gasteiger partial charge in [0, 0.05) is 48.7 Å². The lowest BCUT2D eigenvalue weighted by molar-refractivity contribution is -0.118. The van der Waals surface area contributed by atoms with Crippen LogP contribution in [0, 0.1) is 13.8 Å². The quantitative estimate of drug-likeness (QED) is 0.311. The van der Waals surface area contributed by atoms with E-state index in [9.17, 15) is 9.59 Å². The van der Waals surface area contributed by atoms with Crippen LogP contribution in [0.4, 0.5) is 5.69 Å². The van der Waals surface area contributed by atoms with Crippen molar-refractivity contribution in [1.29, 1.82) is 0 Å². The summed E-state index contributed by atoms with van der Waals surface area (Å²) in [6, 6.07) is 27.9. The highest BCUT2D eigenvalue weighted by Gasteiger charge is 2.32. The minimum Gasteiger partial charge on any atom is -0.350 e. The minimum absolute atomic E-state index is 0.0977. The number of allylic oxidation sites excluding steroid dienone is 1. The molecule has 6 heteroatoms. The fraction of sp³-hybridized carbons (Fsp3) is 0.171. The molecule has 0 bridgehead atoms. The van der Waals surface area contributed by atoms with Crippen molar-refractivity contribution in [2.45, 2.75) is 33.2 Å². The number of carbonyl (C=O) groups excluding carboxylic acids is 2. The number of para-hydroxylation sites is 1. The molecule has 3 heterocycles. The van der Waals surface area contributed by atoms with E-state index in [0.29, 0.717) is 37.2 Å². The van der Waals surface area contributed by atoms with Crippen molar-refractivity contribution in [2.75, 3.05) is 11.4 Å². The number of nitrogens with one attached hydrogen (secondary N) is 1. The number of aromatic nitrogens is 1. The topological polar surface area (TPSA) is 65.5 Å². The lowest BCUT2D eigenvalue weighted by Crippen LogP contribution is -2.33. The highest BCUT2D eigenvalue weighted by atomic mass is 16.2. The number of pyridine rings is 1. The van der Waals surface area contributed by atoms with Crippen molar-refractivity contribution in [3.8, 4) is 11.1 Å². The van der Waals surface area contributed by atoms with E-state index in [1.54, 1.807) is 11.1 Å². The van der Waals surface area contributed by atoms with Crippen LogP contribution < -0.4 is 10.2 Å². The molecular formula is C35H32N4O2. The Hall–Kier alpha value is -4.97. The van der Waals surface area contributed by atoms with Crippen LogP contribution in [0.1, 0.15) is 39.2 Å². The van der Waals surface area contributed by atoms with Gasteiger partial charge in [-0.2, -0.15) is 0 Å². The van der Waals surface area contributed by atoms with Gasteiger partial charge in [0.05, 0.1) is 12.2 Å².